The standard InChI is InChI=1S/C21H17F2N5O/c22-17-5-6-18(23)16(11-17)13-28-21(29)27-10-8-24-19(20(27)25-28)26-9-7-14-3-1-2-4-15(14)12-26/h1-6,8,10-11H,7,9,12-13H2. The van der Waals surface area contributed by atoms with Gasteiger partial charge in [-0.1, -0.05) is 24.3 Å². The molecule has 0 amide bonds. The first-order valence-corrected chi connectivity index (χ1v) is 9.30. The van der Waals surface area contributed by atoms with Gasteiger partial charge >= 0.3 is 5.69 Å². The van der Waals surface area contributed by atoms with Crippen LogP contribution in [0.4, 0.5) is 14.6 Å². The summed E-state index contributed by atoms with van der Waals surface area (Å²) >= 11 is 0. The van der Waals surface area contributed by atoms with Crippen molar-refractivity contribution in [2.75, 3.05) is 11.4 Å². The van der Waals surface area contributed by atoms with Gasteiger partial charge in [-0.2, -0.15) is 0 Å². The van der Waals surface area contributed by atoms with Gasteiger partial charge in [0.1, 0.15) is 11.6 Å². The minimum absolute atomic E-state index is 0.0666. The molecule has 5 rings (SSSR count). The second-order valence-electron chi connectivity index (χ2n) is 7.06. The van der Waals surface area contributed by atoms with Crippen LogP contribution in [0.2, 0.25) is 0 Å². The van der Waals surface area contributed by atoms with E-state index in [0.29, 0.717) is 18.0 Å². The Bertz CT molecular complexity index is 1280. The van der Waals surface area contributed by atoms with E-state index in [-0.39, 0.29) is 12.1 Å². The minimum atomic E-state index is -0.582. The number of anilines is 1. The second kappa shape index (κ2) is 6.80. The van der Waals surface area contributed by atoms with Gasteiger partial charge in [0.05, 0.1) is 6.54 Å². The molecule has 0 unspecified atom stereocenters. The predicted molar refractivity (Wildman–Crippen MR) is 104 cm³/mol. The van der Waals surface area contributed by atoms with Gasteiger partial charge in [-0.3, -0.25) is 0 Å². The largest absolute Gasteiger partial charge is 0.350 e. The van der Waals surface area contributed by atoms with Gasteiger partial charge in [-0.05, 0) is 35.7 Å². The monoisotopic (exact) mass is 393 g/mol. The van der Waals surface area contributed by atoms with E-state index in [4.69, 9.17) is 0 Å². The van der Waals surface area contributed by atoms with E-state index in [2.05, 4.69) is 27.1 Å². The highest BCUT2D eigenvalue weighted by molar-refractivity contribution is 5.64. The Morgan fingerprint density at radius 3 is 2.76 bits per heavy atom. The fourth-order valence-corrected chi connectivity index (χ4v) is 3.76. The summed E-state index contributed by atoms with van der Waals surface area (Å²) in [5.74, 6) is -0.550. The fraction of sp³-hybridized carbons (Fsp3) is 0.190. The normalized spacial score (nSPS) is 13.7. The van der Waals surface area contributed by atoms with Crippen LogP contribution >= 0.6 is 0 Å². The third-order valence-electron chi connectivity index (χ3n) is 5.24. The molecule has 1 aliphatic rings. The smallest absolute Gasteiger partial charge is 0.349 e. The maximum absolute atomic E-state index is 14.0. The first-order valence-electron chi connectivity index (χ1n) is 9.30. The molecule has 0 bridgehead atoms. The van der Waals surface area contributed by atoms with E-state index in [1.165, 1.54) is 21.7 Å². The molecule has 0 N–H and O–H groups in total. The van der Waals surface area contributed by atoms with Gasteiger partial charge < -0.3 is 4.90 Å². The van der Waals surface area contributed by atoms with Crippen molar-refractivity contribution in [3.8, 4) is 0 Å². The highest BCUT2D eigenvalue weighted by Gasteiger charge is 2.22. The van der Waals surface area contributed by atoms with Crippen LogP contribution < -0.4 is 10.6 Å². The molecule has 0 radical (unpaired) electrons. The van der Waals surface area contributed by atoms with Crippen molar-refractivity contribution in [2.45, 2.75) is 19.5 Å². The van der Waals surface area contributed by atoms with Crippen molar-refractivity contribution in [1.82, 2.24) is 19.2 Å². The molecule has 0 saturated carbocycles. The lowest BCUT2D eigenvalue weighted by molar-refractivity contribution is 0.561. The van der Waals surface area contributed by atoms with Crippen LogP contribution in [-0.2, 0) is 19.5 Å². The summed E-state index contributed by atoms with van der Waals surface area (Å²) in [6.45, 7) is 1.26. The molecule has 0 aliphatic carbocycles. The van der Waals surface area contributed by atoms with Crippen LogP contribution in [0.25, 0.3) is 5.65 Å². The lowest BCUT2D eigenvalue weighted by Gasteiger charge is -2.29. The topological polar surface area (TPSA) is 55.4 Å². The highest BCUT2D eigenvalue weighted by Crippen LogP contribution is 2.25. The van der Waals surface area contributed by atoms with Crippen molar-refractivity contribution in [3.05, 3.63) is 93.7 Å². The molecule has 0 saturated heterocycles. The van der Waals surface area contributed by atoms with E-state index < -0.39 is 17.3 Å². The maximum atomic E-state index is 14.0. The fourth-order valence-electron chi connectivity index (χ4n) is 3.76. The molecule has 0 spiro atoms. The summed E-state index contributed by atoms with van der Waals surface area (Å²) in [5.41, 5.74) is 2.56. The zero-order valence-electron chi connectivity index (χ0n) is 15.4. The van der Waals surface area contributed by atoms with Gasteiger partial charge in [0.2, 0.25) is 5.65 Å². The minimum Gasteiger partial charge on any atom is -0.349 e. The van der Waals surface area contributed by atoms with Gasteiger partial charge in [0.15, 0.2) is 5.82 Å². The van der Waals surface area contributed by atoms with Crippen LogP contribution in [0.3, 0.4) is 0 Å². The number of rotatable bonds is 3. The Balaban J connectivity index is 1.55. The Morgan fingerprint density at radius 1 is 1.07 bits per heavy atom. The van der Waals surface area contributed by atoms with Crippen LogP contribution in [0.1, 0.15) is 16.7 Å². The first-order chi connectivity index (χ1) is 14.1. The van der Waals surface area contributed by atoms with E-state index in [1.54, 1.807) is 6.20 Å². The quantitative estimate of drug-likeness (QED) is 0.537. The van der Waals surface area contributed by atoms with Crippen LogP contribution in [0.5, 0.6) is 0 Å². The molecule has 8 heteroatoms. The summed E-state index contributed by atoms with van der Waals surface area (Å²) in [6.07, 6.45) is 3.96. The van der Waals surface area contributed by atoms with E-state index in [1.807, 2.05) is 12.1 Å². The number of hydrogen-bond donors (Lipinski definition) is 0. The lowest BCUT2D eigenvalue weighted by Crippen LogP contribution is -2.31. The molecular weight excluding hydrogens is 376 g/mol. The summed E-state index contributed by atoms with van der Waals surface area (Å²) < 4.78 is 30.0. The van der Waals surface area contributed by atoms with Gasteiger partial charge in [-0.15, -0.1) is 5.10 Å². The van der Waals surface area contributed by atoms with Crippen molar-refractivity contribution < 1.29 is 8.78 Å². The van der Waals surface area contributed by atoms with Crippen LogP contribution in [0.15, 0.2) is 59.7 Å². The van der Waals surface area contributed by atoms with Crippen molar-refractivity contribution in [2.24, 2.45) is 0 Å². The zero-order valence-corrected chi connectivity index (χ0v) is 15.4. The average molecular weight is 393 g/mol. The number of aromatic nitrogens is 4. The van der Waals surface area contributed by atoms with E-state index in [0.717, 1.165) is 35.8 Å². The molecule has 0 fully saturated rings. The number of nitrogens with zero attached hydrogens (tertiary/aromatic N) is 5. The van der Waals surface area contributed by atoms with Crippen molar-refractivity contribution >= 4 is 11.5 Å². The van der Waals surface area contributed by atoms with E-state index in [9.17, 15) is 13.6 Å². The Labute approximate surface area is 164 Å². The maximum Gasteiger partial charge on any atom is 0.350 e. The lowest BCUT2D eigenvalue weighted by atomic mass is 10.00. The van der Waals surface area contributed by atoms with Crippen LogP contribution in [0, 0.1) is 11.6 Å². The highest BCUT2D eigenvalue weighted by atomic mass is 19.1. The number of halogens is 2. The molecule has 29 heavy (non-hydrogen) atoms. The third-order valence-corrected chi connectivity index (χ3v) is 5.24. The molecule has 146 valence electrons. The predicted octanol–water partition coefficient (Wildman–Crippen LogP) is 2.78. The summed E-state index contributed by atoms with van der Waals surface area (Å²) in [4.78, 5) is 19.3. The first kappa shape index (κ1) is 17.5. The van der Waals surface area contributed by atoms with Crippen molar-refractivity contribution in [1.29, 1.82) is 0 Å². The molecule has 6 nitrogen and oxygen atoms in total. The Morgan fingerprint density at radius 2 is 1.90 bits per heavy atom. The van der Waals surface area contributed by atoms with Gasteiger partial charge in [0.25, 0.3) is 0 Å². The molecule has 2 aromatic heterocycles. The van der Waals surface area contributed by atoms with Crippen molar-refractivity contribution in [3.63, 3.8) is 0 Å². The molecule has 0 atom stereocenters. The van der Waals surface area contributed by atoms with E-state index >= 15 is 0 Å². The van der Waals surface area contributed by atoms with Gasteiger partial charge in [-0.25, -0.2) is 27.6 Å². The number of hydrogen-bond acceptors (Lipinski definition) is 4. The zero-order chi connectivity index (χ0) is 20.0. The molecule has 2 aromatic carbocycles. The SMILES string of the molecule is O=c1n(Cc2cc(F)ccc2F)nc2c(N3CCc4ccccc4C3)nccn12. The molecule has 1 aliphatic heterocycles. The van der Waals surface area contributed by atoms with Crippen LogP contribution in [-0.4, -0.2) is 25.7 Å². The molecule has 3 heterocycles. The Hall–Kier alpha value is -3.55. The summed E-state index contributed by atoms with van der Waals surface area (Å²) in [5, 5.41) is 4.38. The summed E-state index contributed by atoms with van der Waals surface area (Å²) in [6, 6.07) is 11.4. The third kappa shape index (κ3) is 3.06. The molecular formula is C21H17F2N5O. The average Bonchev–Trinajstić information content (AvgIpc) is 3.06. The number of benzene rings is 2. The molecule has 4 aromatic rings. The Kier molecular flexibility index (Phi) is 4.12. The summed E-state index contributed by atoms with van der Waals surface area (Å²) in [7, 11) is 0. The number of fused-ring (bicyclic) bond motifs is 2. The van der Waals surface area contributed by atoms with Gasteiger partial charge in [0, 0.05) is 31.0 Å². The second-order valence-corrected chi connectivity index (χ2v) is 7.06.